The number of halogens is 2. The molecule has 1 N–H and O–H groups in total. The number of phenols is 1. The van der Waals surface area contributed by atoms with E-state index >= 15 is 0 Å². The first-order chi connectivity index (χ1) is 8.99. The molecule has 2 rings (SSSR count). The summed E-state index contributed by atoms with van der Waals surface area (Å²) in [6, 6.07) is 8.33. The summed E-state index contributed by atoms with van der Waals surface area (Å²) in [6.07, 6.45) is 0. The Morgan fingerprint density at radius 1 is 1.11 bits per heavy atom. The molecule has 0 aliphatic heterocycles. The molecule has 7 heteroatoms. The SMILES string of the molecule is O=[N+]([O-])c1ccccc1Oc1cc(O)c(Cl)cc1Cl. The lowest BCUT2D eigenvalue weighted by atomic mass is 10.3. The molecule has 2 aromatic carbocycles. The number of hydrogen-bond acceptors (Lipinski definition) is 4. The van der Waals surface area contributed by atoms with Crippen LogP contribution in [-0.2, 0) is 0 Å². The molecule has 0 fully saturated rings. The highest BCUT2D eigenvalue weighted by Gasteiger charge is 2.16. The summed E-state index contributed by atoms with van der Waals surface area (Å²) in [5.74, 6) is -0.117. The predicted molar refractivity (Wildman–Crippen MR) is 71.3 cm³/mol. The van der Waals surface area contributed by atoms with E-state index in [1.165, 1.54) is 30.3 Å². The van der Waals surface area contributed by atoms with Crippen molar-refractivity contribution < 1.29 is 14.8 Å². The van der Waals surface area contributed by atoms with Gasteiger partial charge < -0.3 is 9.84 Å². The highest BCUT2D eigenvalue weighted by molar-refractivity contribution is 6.36. The fourth-order valence-electron chi connectivity index (χ4n) is 1.41. The van der Waals surface area contributed by atoms with Gasteiger partial charge in [-0.3, -0.25) is 10.1 Å². The van der Waals surface area contributed by atoms with Crippen LogP contribution in [0.3, 0.4) is 0 Å². The average molecular weight is 300 g/mol. The topological polar surface area (TPSA) is 72.6 Å². The molecule has 98 valence electrons. The van der Waals surface area contributed by atoms with Crippen molar-refractivity contribution in [2.75, 3.05) is 0 Å². The number of benzene rings is 2. The summed E-state index contributed by atoms with van der Waals surface area (Å²) in [6.45, 7) is 0. The maximum absolute atomic E-state index is 10.8. The molecule has 0 saturated carbocycles. The van der Waals surface area contributed by atoms with Crippen molar-refractivity contribution >= 4 is 28.9 Å². The summed E-state index contributed by atoms with van der Waals surface area (Å²) in [7, 11) is 0. The molecular weight excluding hydrogens is 293 g/mol. The molecule has 0 bridgehead atoms. The van der Waals surface area contributed by atoms with Gasteiger partial charge in [0.05, 0.1) is 15.0 Å². The fourth-order valence-corrected chi connectivity index (χ4v) is 1.83. The Kier molecular flexibility index (Phi) is 3.78. The Labute approximate surface area is 118 Å². The second-order valence-electron chi connectivity index (χ2n) is 3.56. The number of hydrogen-bond donors (Lipinski definition) is 1. The van der Waals surface area contributed by atoms with E-state index in [4.69, 9.17) is 27.9 Å². The first kappa shape index (κ1) is 13.5. The number of nitro benzene ring substituents is 1. The van der Waals surface area contributed by atoms with E-state index in [0.29, 0.717) is 0 Å². The van der Waals surface area contributed by atoms with Gasteiger partial charge in [0.2, 0.25) is 5.75 Å². The molecule has 0 amide bonds. The molecule has 2 aromatic rings. The minimum atomic E-state index is -0.570. The van der Waals surface area contributed by atoms with Crippen LogP contribution >= 0.6 is 23.2 Å². The van der Waals surface area contributed by atoms with Crippen LogP contribution < -0.4 is 4.74 Å². The number of nitrogens with zero attached hydrogens (tertiary/aromatic N) is 1. The van der Waals surface area contributed by atoms with E-state index in [-0.39, 0.29) is 33.0 Å². The lowest BCUT2D eigenvalue weighted by Crippen LogP contribution is -1.93. The first-order valence-electron chi connectivity index (χ1n) is 5.08. The van der Waals surface area contributed by atoms with E-state index in [9.17, 15) is 15.2 Å². The Balaban J connectivity index is 2.42. The molecule has 0 spiro atoms. The van der Waals surface area contributed by atoms with Crippen molar-refractivity contribution in [2.45, 2.75) is 0 Å². The van der Waals surface area contributed by atoms with Crippen LogP contribution in [0.1, 0.15) is 0 Å². The summed E-state index contributed by atoms with van der Waals surface area (Å²) in [4.78, 5) is 10.3. The van der Waals surface area contributed by atoms with Crippen molar-refractivity contribution in [1.82, 2.24) is 0 Å². The van der Waals surface area contributed by atoms with Crippen LogP contribution in [0.25, 0.3) is 0 Å². The van der Waals surface area contributed by atoms with Gasteiger partial charge in [0.1, 0.15) is 11.5 Å². The average Bonchev–Trinajstić information content (AvgIpc) is 2.36. The molecule has 0 atom stereocenters. The zero-order chi connectivity index (χ0) is 14.0. The predicted octanol–water partition coefficient (Wildman–Crippen LogP) is 4.40. The highest BCUT2D eigenvalue weighted by Crippen LogP contribution is 2.39. The fraction of sp³-hybridized carbons (Fsp3) is 0. The molecule has 0 heterocycles. The minimum Gasteiger partial charge on any atom is -0.506 e. The summed E-state index contributed by atoms with van der Waals surface area (Å²) in [5.41, 5.74) is -0.201. The second kappa shape index (κ2) is 5.34. The number of ether oxygens (including phenoxy) is 1. The van der Waals surface area contributed by atoms with Gasteiger partial charge in [-0.2, -0.15) is 0 Å². The van der Waals surface area contributed by atoms with Gasteiger partial charge in [-0.25, -0.2) is 0 Å². The third-order valence-corrected chi connectivity index (χ3v) is 2.88. The third kappa shape index (κ3) is 2.89. The van der Waals surface area contributed by atoms with Gasteiger partial charge in [0.15, 0.2) is 0 Å². The van der Waals surface area contributed by atoms with Gasteiger partial charge in [0.25, 0.3) is 0 Å². The lowest BCUT2D eigenvalue weighted by molar-refractivity contribution is -0.385. The third-order valence-electron chi connectivity index (χ3n) is 2.28. The molecule has 0 aliphatic rings. The standard InChI is InChI=1S/C12H7Cl2NO4/c13-7-5-8(14)12(6-10(7)16)19-11-4-2-1-3-9(11)15(17)18/h1-6,16H. The molecule has 5 nitrogen and oxygen atoms in total. The second-order valence-corrected chi connectivity index (χ2v) is 4.38. The molecule has 0 radical (unpaired) electrons. The van der Waals surface area contributed by atoms with E-state index in [1.54, 1.807) is 6.07 Å². The maximum atomic E-state index is 10.8. The van der Waals surface area contributed by atoms with Gasteiger partial charge in [-0.05, 0) is 12.1 Å². The maximum Gasteiger partial charge on any atom is 0.311 e. The van der Waals surface area contributed by atoms with Crippen molar-refractivity contribution in [2.24, 2.45) is 0 Å². The molecule has 0 unspecified atom stereocenters. The van der Waals surface area contributed by atoms with Crippen molar-refractivity contribution in [3.63, 3.8) is 0 Å². The Morgan fingerprint density at radius 3 is 2.47 bits per heavy atom. The first-order valence-corrected chi connectivity index (χ1v) is 5.84. The highest BCUT2D eigenvalue weighted by atomic mass is 35.5. The van der Waals surface area contributed by atoms with E-state index < -0.39 is 4.92 Å². The Bertz CT molecular complexity index is 646. The van der Waals surface area contributed by atoms with Crippen molar-refractivity contribution in [1.29, 1.82) is 0 Å². The zero-order valence-electron chi connectivity index (χ0n) is 9.34. The molecular formula is C12H7Cl2NO4. The normalized spacial score (nSPS) is 10.2. The Hall–Kier alpha value is -1.98. The van der Waals surface area contributed by atoms with Crippen LogP contribution in [0.4, 0.5) is 5.69 Å². The van der Waals surface area contributed by atoms with E-state index in [1.807, 2.05) is 0 Å². The van der Waals surface area contributed by atoms with Crippen LogP contribution in [0.2, 0.25) is 10.0 Å². The summed E-state index contributed by atoms with van der Waals surface area (Å²) < 4.78 is 5.35. The summed E-state index contributed by atoms with van der Waals surface area (Å²) >= 11 is 11.6. The Morgan fingerprint density at radius 2 is 1.79 bits per heavy atom. The largest absolute Gasteiger partial charge is 0.506 e. The van der Waals surface area contributed by atoms with Gasteiger partial charge in [0, 0.05) is 12.1 Å². The molecule has 0 saturated heterocycles. The van der Waals surface area contributed by atoms with Crippen LogP contribution in [-0.4, -0.2) is 10.0 Å². The quantitative estimate of drug-likeness (QED) is 0.673. The molecule has 19 heavy (non-hydrogen) atoms. The van der Waals surface area contributed by atoms with Crippen LogP contribution in [0.15, 0.2) is 36.4 Å². The summed E-state index contributed by atoms with van der Waals surface area (Å²) in [5, 5.41) is 20.5. The zero-order valence-corrected chi connectivity index (χ0v) is 10.9. The van der Waals surface area contributed by atoms with Crippen LogP contribution in [0.5, 0.6) is 17.2 Å². The van der Waals surface area contributed by atoms with Gasteiger partial charge >= 0.3 is 5.69 Å². The van der Waals surface area contributed by atoms with Crippen molar-refractivity contribution in [3.05, 3.63) is 56.6 Å². The van der Waals surface area contributed by atoms with Gasteiger partial charge in [-0.1, -0.05) is 35.3 Å². The van der Waals surface area contributed by atoms with Crippen molar-refractivity contribution in [3.8, 4) is 17.2 Å². The molecule has 0 aliphatic carbocycles. The molecule has 0 aromatic heterocycles. The van der Waals surface area contributed by atoms with Crippen LogP contribution in [0, 0.1) is 10.1 Å². The van der Waals surface area contributed by atoms with E-state index in [0.717, 1.165) is 0 Å². The lowest BCUT2D eigenvalue weighted by Gasteiger charge is -2.09. The smallest absolute Gasteiger partial charge is 0.311 e. The number of aromatic hydroxyl groups is 1. The number of nitro groups is 1. The van der Waals surface area contributed by atoms with E-state index in [2.05, 4.69) is 0 Å². The van der Waals surface area contributed by atoms with Gasteiger partial charge in [-0.15, -0.1) is 0 Å². The number of phenolic OH excluding ortho intramolecular Hbond substituents is 1. The minimum absolute atomic E-state index is 0.0242. The monoisotopic (exact) mass is 299 g/mol. The number of rotatable bonds is 3. The number of para-hydroxylation sites is 2.